The molecular weight excluding hydrogens is 451 g/mol. The number of barbiturate groups is 1. The molecule has 9 heteroatoms. The van der Waals surface area contributed by atoms with Crippen molar-refractivity contribution in [3.05, 3.63) is 74.8 Å². The normalized spacial score (nSPS) is 15.4. The largest absolute Gasteiger partial charge is 0.487 e. The summed E-state index contributed by atoms with van der Waals surface area (Å²) in [6.45, 7) is 5.38. The van der Waals surface area contributed by atoms with Gasteiger partial charge in [-0.2, -0.15) is 0 Å². The first kappa shape index (κ1) is 21.9. The number of amides is 4. The van der Waals surface area contributed by atoms with Crippen LogP contribution in [-0.4, -0.2) is 24.5 Å². The molecule has 2 aromatic carbocycles. The van der Waals surface area contributed by atoms with E-state index in [2.05, 4.69) is 11.9 Å². The third-order valence-electron chi connectivity index (χ3n) is 4.26. The second kappa shape index (κ2) is 8.92. The van der Waals surface area contributed by atoms with Gasteiger partial charge in [0.25, 0.3) is 11.8 Å². The molecule has 30 heavy (non-hydrogen) atoms. The van der Waals surface area contributed by atoms with E-state index in [4.69, 9.17) is 39.5 Å². The molecular formula is C21H15Cl3N2O4. The molecule has 0 radical (unpaired) electrons. The van der Waals surface area contributed by atoms with E-state index in [1.54, 1.807) is 25.1 Å². The summed E-state index contributed by atoms with van der Waals surface area (Å²) in [6, 6.07) is 6.87. The van der Waals surface area contributed by atoms with Crippen molar-refractivity contribution in [2.45, 2.75) is 6.92 Å². The molecule has 1 saturated heterocycles. The number of hydrogen-bond acceptors (Lipinski definition) is 4. The Morgan fingerprint density at radius 2 is 1.87 bits per heavy atom. The standard InChI is InChI=1S/C21H15Cl3N2O4/c1-3-7-30-18-12(8-13(22)10-16(18)24)9-14-19(27)25-21(29)26(20(14)28)17-6-4-5-15(23)11(17)2/h3-6,8-10H,1,7H2,2H3,(H,25,27,29)/b14-9+. The van der Waals surface area contributed by atoms with Gasteiger partial charge in [-0.1, -0.05) is 53.5 Å². The molecule has 1 aliphatic heterocycles. The van der Waals surface area contributed by atoms with Gasteiger partial charge in [0.1, 0.15) is 17.9 Å². The lowest BCUT2D eigenvalue weighted by molar-refractivity contribution is -0.122. The number of hydrogen-bond donors (Lipinski definition) is 1. The molecule has 6 nitrogen and oxygen atoms in total. The number of imide groups is 2. The van der Waals surface area contributed by atoms with Crippen LogP contribution in [0.2, 0.25) is 15.1 Å². The van der Waals surface area contributed by atoms with Crippen molar-refractivity contribution in [1.82, 2.24) is 5.32 Å². The zero-order chi connectivity index (χ0) is 22.0. The molecule has 1 heterocycles. The molecule has 2 aromatic rings. The van der Waals surface area contributed by atoms with E-state index >= 15 is 0 Å². The highest BCUT2D eigenvalue weighted by Crippen LogP contribution is 2.35. The maximum atomic E-state index is 13.1. The number of nitrogens with one attached hydrogen (secondary N) is 1. The lowest BCUT2D eigenvalue weighted by Gasteiger charge is -2.28. The maximum absolute atomic E-state index is 13.1. The number of halogens is 3. The van der Waals surface area contributed by atoms with Crippen LogP contribution >= 0.6 is 34.8 Å². The number of ether oxygens (including phenoxy) is 1. The van der Waals surface area contributed by atoms with Gasteiger partial charge in [-0.3, -0.25) is 14.9 Å². The Balaban J connectivity index is 2.12. The summed E-state index contributed by atoms with van der Waals surface area (Å²) in [7, 11) is 0. The van der Waals surface area contributed by atoms with Crippen molar-refractivity contribution in [3.63, 3.8) is 0 Å². The van der Waals surface area contributed by atoms with E-state index < -0.39 is 17.8 Å². The predicted octanol–water partition coefficient (Wildman–Crippen LogP) is 5.19. The molecule has 0 spiro atoms. The monoisotopic (exact) mass is 464 g/mol. The number of carbonyl (C=O) groups is 3. The van der Waals surface area contributed by atoms with Gasteiger partial charge in [0.15, 0.2) is 0 Å². The molecule has 0 aromatic heterocycles. The average molecular weight is 466 g/mol. The summed E-state index contributed by atoms with van der Waals surface area (Å²) in [6.07, 6.45) is 2.79. The first-order valence-corrected chi connectivity index (χ1v) is 9.77. The fourth-order valence-electron chi connectivity index (χ4n) is 2.85. The maximum Gasteiger partial charge on any atom is 0.335 e. The minimum Gasteiger partial charge on any atom is -0.487 e. The third-order valence-corrected chi connectivity index (χ3v) is 5.17. The van der Waals surface area contributed by atoms with E-state index in [0.717, 1.165) is 4.90 Å². The SMILES string of the molecule is C=CCOc1c(Cl)cc(Cl)cc1/C=C1\C(=O)NC(=O)N(c2cccc(Cl)c2C)C1=O. The number of rotatable bonds is 5. The van der Waals surface area contributed by atoms with Gasteiger partial charge < -0.3 is 4.74 Å². The summed E-state index contributed by atoms with van der Waals surface area (Å²) in [5.41, 5.74) is 0.772. The highest BCUT2D eigenvalue weighted by atomic mass is 35.5. The van der Waals surface area contributed by atoms with Gasteiger partial charge in [-0.15, -0.1) is 0 Å². The van der Waals surface area contributed by atoms with E-state index in [1.807, 2.05) is 0 Å². The second-order valence-corrected chi connectivity index (χ2v) is 7.50. The minimum atomic E-state index is -0.875. The Labute approximate surface area is 187 Å². The molecule has 154 valence electrons. The Morgan fingerprint density at radius 3 is 2.57 bits per heavy atom. The van der Waals surface area contributed by atoms with Crippen LogP contribution in [0.25, 0.3) is 6.08 Å². The van der Waals surface area contributed by atoms with Gasteiger partial charge in [0.05, 0.1) is 10.7 Å². The predicted molar refractivity (Wildman–Crippen MR) is 117 cm³/mol. The number of anilines is 1. The molecule has 1 aliphatic rings. The van der Waals surface area contributed by atoms with Crippen LogP contribution in [0.1, 0.15) is 11.1 Å². The highest BCUT2D eigenvalue weighted by molar-refractivity contribution is 6.40. The highest BCUT2D eigenvalue weighted by Gasteiger charge is 2.37. The van der Waals surface area contributed by atoms with Crippen LogP contribution in [0.4, 0.5) is 10.5 Å². The van der Waals surface area contributed by atoms with Crippen molar-refractivity contribution in [3.8, 4) is 5.75 Å². The van der Waals surface area contributed by atoms with Crippen LogP contribution in [-0.2, 0) is 9.59 Å². The van der Waals surface area contributed by atoms with Crippen LogP contribution in [0.3, 0.4) is 0 Å². The number of benzene rings is 2. The van der Waals surface area contributed by atoms with E-state index in [0.29, 0.717) is 16.1 Å². The topological polar surface area (TPSA) is 75.7 Å². The minimum absolute atomic E-state index is 0.143. The fraction of sp³-hybridized carbons (Fsp3) is 0.0952. The Hall–Kier alpha value is -2.80. The van der Waals surface area contributed by atoms with Crippen molar-refractivity contribution in [2.24, 2.45) is 0 Å². The smallest absolute Gasteiger partial charge is 0.335 e. The van der Waals surface area contributed by atoms with Gasteiger partial charge in [-0.25, -0.2) is 9.69 Å². The van der Waals surface area contributed by atoms with Crippen molar-refractivity contribution in [1.29, 1.82) is 0 Å². The zero-order valence-corrected chi connectivity index (χ0v) is 17.9. The van der Waals surface area contributed by atoms with E-state index in [1.165, 1.54) is 24.3 Å². The first-order chi connectivity index (χ1) is 14.2. The summed E-state index contributed by atoms with van der Waals surface area (Å²) < 4.78 is 5.56. The Morgan fingerprint density at radius 1 is 1.13 bits per heavy atom. The van der Waals surface area contributed by atoms with Crippen LogP contribution in [0, 0.1) is 6.92 Å². The number of nitrogens with zero attached hydrogens (tertiary/aromatic N) is 1. The lowest BCUT2D eigenvalue weighted by atomic mass is 10.0. The molecule has 0 aliphatic carbocycles. The zero-order valence-electron chi connectivity index (χ0n) is 15.7. The van der Waals surface area contributed by atoms with Crippen LogP contribution in [0.15, 0.2) is 48.6 Å². The molecule has 1 N–H and O–H groups in total. The summed E-state index contributed by atoms with van der Waals surface area (Å²) in [4.78, 5) is 38.8. The molecule has 0 unspecified atom stereocenters. The second-order valence-electron chi connectivity index (χ2n) is 6.25. The van der Waals surface area contributed by atoms with Gasteiger partial charge in [0.2, 0.25) is 0 Å². The molecule has 0 atom stereocenters. The quantitative estimate of drug-likeness (QED) is 0.375. The first-order valence-electron chi connectivity index (χ1n) is 8.64. The van der Waals surface area contributed by atoms with Crippen LogP contribution in [0.5, 0.6) is 5.75 Å². The average Bonchev–Trinajstić information content (AvgIpc) is 2.67. The molecule has 4 amide bonds. The summed E-state index contributed by atoms with van der Waals surface area (Å²) >= 11 is 18.4. The summed E-state index contributed by atoms with van der Waals surface area (Å²) in [5.74, 6) is -1.46. The third kappa shape index (κ3) is 4.21. The molecule has 1 fully saturated rings. The number of carbonyl (C=O) groups excluding carboxylic acids is 3. The van der Waals surface area contributed by atoms with Crippen molar-refractivity contribution < 1.29 is 19.1 Å². The van der Waals surface area contributed by atoms with Gasteiger partial charge in [0, 0.05) is 15.6 Å². The molecule has 0 saturated carbocycles. The van der Waals surface area contributed by atoms with Crippen molar-refractivity contribution in [2.75, 3.05) is 11.5 Å². The van der Waals surface area contributed by atoms with E-state index in [-0.39, 0.29) is 33.7 Å². The summed E-state index contributed by atoms with van der Waals surface area (Å²) in [5, 5.41) is 3.00. The Bertz CT molecular complexity index is 1110. The van der Waals surface area contributed by atoms with Crippen molar-refractivity contribution >= 4 is 64.4 Å². The van der Waals surface area contributed by atoms with Crippen LogP contribution < -0.4 is 15.0 Å². The molecule has 0 bridgehead atoms. The lowest BCUT2D eigenvalue weighted by Crippen LogP contribution is -2.54. The molecule has 3 rings (SSSR count). The van der Waals surface area contributed by atoms with E-state index in [9.17, 15) is 14.4 Å². The van der Waals surface area contributed by atoms with Gasteiger partial charge >= 0.3 is 6.03 Å². The Kier molecular flexibility index (Phi) is 6.51. The van der Waals surface area contributed by atoms with Gasteiger partial charge in [-0.05, 0) is 42.8 Å². The fourth-order valence-corrected chi connectivity index (χ4v) is 3.59. The number of urea groups is 1.